The maximum Gasteiger partial charge on any atom is 0.243 e. The Morgan fingerprint density at radius 3 is 2.76 bits per heavy atom. The molecule has 0 spiro atoms. The van der Waals surface area contributed by atoms with Crippen LogP contribution in [0.15, 0.2) is 23.1 Å². The number of hydrogen-bond donors (Lipinski definition) is 1. The fourth-order valence-electron chi connectivity index (χ4n) is 3.44. The molecule has 2 unspecified atom stereocenters. The monoisotopic (exact) mass is 309 g/mol. The molecule has 116 valence electrons. The van der Waals surface area contributed by atoms with E-state index in [9.17, 15) is 13.5 Å². The first-order valence-electron chi connectivity index (χ1n) is 7.78. The maximum absolute atomic E-state index is 12.8. The highest BCUT2D eigenvalue weighted by Gasteiger charge is 2.32. The normalized spacial score (nSPS) is 24.8. The molecule has 2 atom stereocenters. The fourth-order valence-corrected chi connectivity index (χ4v) is 5.03. The molecule has 1 N–H and O–H groups in total. The molecule has 0 saturated carbocycles. The molecule has 1 heterocycles. The third-order valence-corrected chi connectivity index (χ3v) is 6.67. The van der Waals surface area contributed by atoms with Gasteiger partial charge < -0.3 is 5.11 Å². The summed E-state index contributed by atoms with van der Waals surface area (Å²) in [5.41, 5.74) is 2.47. The maximum atomic E-state index is 12.8. The van der Waals surface area contributed by atoms with E-state index in [1.165, 1.54) is 11.1 Å². The minimum atomic E-state index is -3.43. The lowest BCUT2D eigenvalue weighted by atomic mass is 9.95. The number of benzene rings is 1. The van der Waals surface area contributed by atoms with E-state index in [1.807, 2.05) is 12.1 Å². The Hall–Kier alpha value is -0.910. The standard InChI is InChI=1S/C16H23NO3S/c1-12(18)15-6-3-9-17(11-15)21(19,20)16-8-7-13-4-2-5-14(13)10-16/h7-8,10,12,15,18H,2-6,9,11H2,1H3. The van der Waals surface area contributed by atoms with E-state index in [1.54, 1.807) is 17.3 Å². The lowest BCUT2D eigenvalue weighted by molar-refractivity contribution is 0.0885. The smallest absolute Gasteiger partial charge is 0.243 e. The van der Waals surface area contributed by atoms with Gasteiger partial charge in [0.05, 0.1) is 11.0 Å². The predicted molar refractivity (Wildman–Crippen MR) is 81.6 cm³/mol. The molecule has 4 nitrogen and oxygen atoms in total. The van der Waals surface area contributed by atoms with E-state index >= 15 is 0 Å². The van der Waals surface area contributed by atoms with Gasteiger partial charge in [-0.2, -0.15) is 4.31 Å². The summed E-state index contributed by atoms with van der Waals surface area (Å²) >= 11 is 0. The summed E-state index contributed by atoms with van der Waals surface area (Å²) in [7, 11) is -3.43. The van der Waals surface area contributed by atoms with Gasteiger partial charge in [-0.3, -0.25) is 0 Å². The van der Waals surface area contributed by atoms with E-state index in [4.69, 9.17) is 0 Å². The molecular formula is C16H23NO3S. The molecule has 21 heavy (non-hydrogen) atoms. The summed E-state index contributed by atoms with van der Waals surface area (Å²) < 4.78 is 27.1. The van der Waals surface area contributed by atoms with Crippen molar-refractivity contribution in [2.24, 2.45) is 5.92 Å². The van der Waals surface area contributed by atoms with Crippen LogP contribution in [0, 0.1) is 5.92 Å². The minimum Gasteiger partial charge on any atom is -0.393 e. The summed E-state index contributed by atoms with van der Waals surface area (Å²) in [5.74, 6) is 0.0444. The van der Waals surface area contributed by atoms with E-state index in [2.05, 4.69) is 0 Å². The van der Waals surface area contributed by atoms with Crippen molar-refractivity contribution in [2.45, 2.75) is 50.0 Å². The van der Waals surface area contributed by atoms with Crippen LogP contribution < -0.4 is 0 Å². The summed E-state index contributed by atoms with van der Waals surface area (Å²) in [6.07, 6.45) is 4.42. The number of hydrogen-bond acceptors (Lipinski definition) is 3. The number of rotatable bonds is 3. The Bertz CT molecular complexity index is 624. The number of sulfonamides is 1. The predicted octanol–water partition coefficient (Wildman–Crippen LogP) is 1.96. The van der Waals surface area contributed by atoms with Gasteiger partial charge >= 0.3 is 0 Å². The van der Waals surface area contributed by atoms with Crippen LogP contribution >= 0.6 is 0 Å². The van der Waals surface area contributed by atoms with E-state index in [0.29, 0.717) is 18.0 Å². The fraction of sp³-hybridized carbons (Fsp3) is 0.625. The van der Waals surface area contributed by atoms with Gasteiger partial charge in [0.15, 0.2) is 0 Å². The van der Waals surface area contributed by atoms with Crippen molar-refractivity contribution >= 4 is 10.0 Å². The third-order valence-electron chi connectivity index (χ3n) is 4.81. The first-order chi connectivity index (χ1) is 9.98. The van der Waals surface area contributed by atoms with Crippen molar-refractivity contribution in [3.63, 3.8) is 0 Å². The van der Waals surface area contributed by atoms with Gasteiger partial charge in [-0.05, 0) is 68.2 Å². The topological polar surface area (TPSA) is 57.6 Å². The van der Waals surface area contributed by atoms with Crippen LogP contribution in [-0.2, 0) is 22.9 Å². The van der Waals surface area contributed by atoms with Crippen LogP contribution in [0.25, 0.3) is 0 Å². The highest BCUT2D eigenvalue weighted by molar-refractivity contribution is 7.89. The van der Waals surface area contributed by atoms with E-state index in [0.717, 1.165) is 32.1 Å². The van der Waals surface area contributed by atoms with Crippen LogP contribution in [0.1, 0.15) is 37.3 Å². The highest BCUT2D eigenvalue weighted by Crippen LogP contribution is 2.29. The van der Waals surface area contributed by atoms with Crippen molar-refractivity contribution < 1.29 is 13.5 Å². The third kappa shape index (κ3) is 2.87. The van der Waals surface area contributed by atoms with Crippen LogP contribution in [0.3, 0.4) is 0 Å². The molecule has 2 aliphatic rings. The molecule has 1 aliphatic carbocycles. The Morgan fingerprint density at radius 2 is 2.00 bits per heavy atom. The minimum absolute atomic E-state index is 0.0444. The Kier molecular flexibility index (Phi) is 4.08. The molecule has 3 rings (SSSR count). The van der Waals surface area contributed by atoms with Gasteiger partial charge in [-0.25, -0.2) is 8.42 Å². The van der Waals surface area contributed by atoms with Gasteiger partial charge in [0.1, 0.15) is 0 Å². The molecule has 1 saturated heterocycles. The zero-order chi connectivity index (χ0) is 15.0. The van der Waals surface area contributed by atoms with Crippen LogP contribution in [0.2, 0.25) is 0 Å². The van der Waals surface area contributed by atoms with Gasteiger partial charge in [0.25, 0.3) is 0 Å². The second kappa shape index (κ2) is 5.71. The van der Waals surface area contributed by atoms with Gasteiger partial charge in [0, 0.05) is 13.1 Å². The largest absolute Gasteiger partial charge is 0.393 e. The number of piperidine rings is 1. The van der Waals surface area contributed by atoms with Gasteiger partial charge in [-0.15, -0.1) is 0 Å². The molecule has 5 heteroatoms. The van der Waals surface area contributed by atoms with Crippen molar-refractivity contribution in [3.05, 3.63) is 29.3 Å². The van der Waals surface area contributed by atoms with Crippen LogP contribution in [0.4, 0.5) is 0 Å². The number of aryl methyl sites for hydroxylation is 2. The highest BCUT2D eigenvalue weighted by atomic mass is 32.2. The molecule has 1 aliphatic heterocycles. The number of fused-ring (bicyclic) bond motifs is 1. The molecule has 0 amide bonds. The van der Waals surface area contributed by atoms with Crippen LogP contribution in [-0.4, -0.2) is 37.0 Å². The molecule has 1 fully saturated rings. The number of nitrogens with zero attached hydrogens (tertiary/aromatic N) is 1. The number of aliphatic hydroxyl groups is 1. The van der Waals surface area contributed by atoms with E-state index in [-0.39, 0.29) is 5.92 Å². The first-order valence-corrected chi connectivity index (χ1v) is 9.22. The average molecular weight is 309 g/mol. The molecule has 0 radical (unpaired) electrons. The zero-order valence-corrected chi connectivity index (χ0v) is 13.3. The van der Waals surface area contributed by atoms with Gasteiger partial charge in [0.2, 0.25) is 10.0 Å². The first kappa shape index (κ1) is 15.0. The summed E-state index contributed by atoms with van der Waals surface area (Å²) in [5, 5.41) is 9.74. The van der Waals surface area contributed by atoms with E-state index < -0.39 is 16.1 Å². The van der Waals surface area contributed by atoms with Crippen molar-refractivity contribution in [1.82, 2.24) is 4.31 Å². The second-order valence-electron chi connectivity index (χ2n) is 6.29. The molecule has 1 aromatic carbocycles. The molecular weight excluding hydrogens is 286 g/mol. The lowest BCUT2D eigenvalue weighted by Gasteiger charge is -2.33. The zero-order valence-electron chi connectivity index (χ0n) is 12.5. The average Bonchev–Trinajstić information content (AvgIpc) is 2.94. The summed E-state index contributed by atoms with van der Waals surface area (Å²) in [6.45, 7) is 2.73. The second-order valence-corrected chi connectivity index (χ2v) is 8.23. The Morgan fingerprint density at radius 1 is 1.24 bits per heavy atom. The summed E-state index contributed by atoms with van der Waals surface area (Å²) in [4.78, 5) is 0.411. The Labute approximate surface area is 126 Å². The number of aliphatic hydroxyl groups excluding tert-OH is 1. The van der Waals surface area contributed by atoms with Crippen molar-refractivity contribution in [3.8, 4) is 0 Å². The summed E-state index contributed by atoms with van der Waals surface area (Å²) in [6, 6.07) is 5.56. The quantitative estimate of drug-likeness (QED) is 0.928. The molecule has 0 aromatic heterocycles. The van der Waals surface area contributed by atoms with Crippen molar-refractivity contribution in [2.75, 3.05) is 13.1 Å². The van der Waals surface area contributed by atoms with Crippen molar-refractivity contribution in [1.29, 1.82) is 0 Å². The van der Waals surface area contributed by atoms with Crippen LogP contribution in [0.5, 0.6) is 0 Å². The Balaban J connectivity index is 1.86. The SMILES string of the molecule is CC(O)C1CCCN(S(=O)(=O)c2ccc3c(c2)CCC3)C1. The molecule has 1 aromatic rings. The molecule has 0 bridgehead atoms. The van der Waals surface area contributed by atoms with Gasteiger partial charge in [-0.1, -0.05) is 6.07 Å². The lowest BCUT2D eigenvalue weighted by Crippen LogP contribution is -2.42.